The first-order chi connectivity index (χ1) is 14.7. The van der Waals surface area contributed by atoms with Crippen molar-refractivity contribution in [3.05, 3.63) is 59.7 Å². The lowest BCUT2D eigenvalue weighted by Crippen LogP contribution is -2.38. The second-order valence-electron chi connectivity index (χ2n) is 7.96. The van der Waals surface area contributed by atoms with E-state index < -0.39 is 6.09 Å². The predicted octanol–water partition coefficient (Wildman–Crippen LogP) is 4.25. The van der Waals surface area contributed by atoms with E-state index in [1.165, 1.54) is 22.3 Å². The van der Waals surface area contributed by atoms with Gasteiger partial charge < -0.3 is 10.2 Å². The quantitative estimate of drug-likeness (QED) is 0.549. The maximum absolute atomic E-state index is 12.4. The topological polar surface area (TPSA) is 67.9 Å². The molecule has 4 rings (SSSR count). The van der Waals surface area contributed by atoms with Crippen LogP contribution in [0.1, 0.15) is 49.7 Å². The molecular weight excluding hydrogens is 380 g/mol. The van der Waals surface area contributed by atoms with E-state index in [4.69, 9.17) is 9.78 Å². The normalized spacial score (nSPS) is 17.5. The van der Waals surface area contributed by atoms with E-state index in [9.17, 15) is 9.59 Å². The van der Waals surface area contributed by atoms with Gasteiger partial charge in [0, 0.05) is 31.5 Å². The number of likely N-dealkylation sites (tertiary alicyclic amines) is 1. The molecular formula is C24H28N2O4. The van der Waals surface area contributed by atoms with Crippen LogP contribution >= 0.6 is 0 Å². The summed E-state index contributed by atoms with van der Waals surface area (Å²) < 4.78 is 0. The number of nitrogens with one attached hydrogen (secondary N) is 1. The highest BCUT2D eigenvalue weighted by atomic mass is 17.2. The highest BCUT2D eigenvalue weighted by Gasteiger charge is 2.31. The zero-order valence-corrected chi connectivity index (χ0v) is 17.3. The van der Waals surface area contributed by atoms with Crippen LogP contribution in [0.3, 0.4) is 0 Å². The number of rotatable bonds is 7. The molecule has 0 bridgehead atoms. The van der Waals surface area contributed by atoms with Gasteiger partial charge >= 0.3 is 6.09 Å². The third-order valence-corrected chi connectivity index (χ3v) is 5.90. The first-order valence-electron chi connectivity index (χ1n) is 10.7. The van der Waals surface area contributed by atoms with Crippen LogP contribution in [0.4, 0.5) is 4.79 Å². The fraction of sp³-hybridized carbons (Fsp3) is 0.417. The summed E-state index contributed by atoms with van der Waals surface area (Å²) in [6.45, 7) is 3.33. The van der Waals surface area contributed by atoms with Crippen molar-refractivity contribution in [3.8, 4) is 11.1 Å². The van der Waals surface area contributed by atoms with Gasteiger partial charge in [0.2, 0.25) is 5.91 Å². The number of hydrogen-bond donors (Lipinski definition) is 1. The summed E-state index contributed by atoms with van der Waals surface area (Å²) >= 11 is 0. The summed E-state index contributed by atoms with van der Waals surface area (Å²) in [6.07, 6.45) is 2.64. The van der Waals surface area contributed by atoms with Crippen molar-refractivity contribution in [1.82, 2.24) is 10.2 Å². The van der Waals surface area contributed by atoms with Crippen LogP contribution in [0.5, 0.6) is 0 Å². The fourth-order valence-electron chi connectivity index (χ4n) is 4.33. The van der Waals surface area contributed by atoms with E-state index in [1.54, 1.807) is 4.90 Å². The molecule has 1 unspecified atom stereocenters. The van der Waals surface area contributed by atoms with Gasteiger partial charge in [0.05, 0.1) is 0 Å². The summed E-state index contributed by atoms with van der Waals surface area (Å²) in [5.74, 6) is 0.0845. The van der Waals surface area contributed by atoms with Gasteiger partial charge in [0.25, 0.3) is 0 Å². The van der Waals surface area contributed by atoms with E-state index in [0.29, 0.717) is 19.5 Å². The van der Waals surface area contributed by atoms with Crippen LogP contribution in [-0.2, 0) is 14.6 Å². The Balaban J connectivity index is 1.28. The Labute approximate surface area is 177 Å². The van der Waals surface area contributed by atoms with Crippen LogP contribution in [0.25, 0.3) is 11.1 Å². The van der Waals surface area contributed by atoms with Crippen molar-refractivity contribution in [1.29, 1.82) is 0 Å². The van der Waals surface area contributed by atoms with E-state index >= 15 is 0 Å². The molecule has 0 saturated carbocycles. The Kier molecular flexibility index (Phi) is 6.33. The van der Waals surface area contributed by atoms with Gasteiger partial charge in [0.1, 0.15) is 6.61 Å². The number of carbonyl (C=O) groups excluding carboxylic acids is 2. The Morgan fingerprint density at radius 1 is 1.07 bits per heavy atom. The van der Waals surface area contributed by atoms with Crippen molar-refractivity contribution in [2.45, 2.75) is 44.6 Å². The number of nitrogens with zero attached hydrogens (tertiary/aromatic N) is 1. The van der Waals surface area contributed by atoms with Crippen molar-refractivity contribution < 1.29 is 19.4 Å². The number of carbonyl (C=O) groups is 2. The summed E-state index contributed by atoms with van der Waals surface area (Å²) in [5.41, 5.74) is 4.78. The lowest BCUT2D eigenvalue weighted by atomic mass is 9.98. The van der Waals surface area contributed by atoms with E-state index in [1.807, 2.05) is 24.3 Å². The molecule has 0 radical (unpaired) electrons. The van der Waals surface area contributed by atoms with Crippen molar-refractivity contribution >= 4 is 12.0 Å². The molecule has 1 N–H and O–H groups in total. The van der Waals surface area contributed by atoms with Crippen LogP contribution in [0.2, 0.25) is 0 Å². The lowest BCUT2D eigenvalue weighted by molar-refractivity contribution is -0.246. The Bertz CT molecular complexity index is 868. The SMILES string of the molecule is CCCCC(=O)NC1CCN(C(=O)OOCC2c3ccccc3-c3ccccc32)C1. The predicted molar refractivity (Wildman–Crippen MR) is 114 cm³/mol. The monoisotopic (exact) mass is 408 g/mol. The zero-order chi connectivity index (χ0) is 20.9. The summed E-state index contributed by atoms with van der Waals surface area (Å²) in [4.78, 5) is 36.4. The van der Waals surface area contributed by atoms with E-state index in [-0.39, 0.29) is 24.5 Å². The van der Waals surface area contributed by atoms with Crippen molar-refractivity contribution in [2.75, 3.05) is 19.7 Å². The molecule has 0 aromatic heterocycles. The van der Waals surface area contributed by atoms with Gasteiger partial charge in [-0.3, -0.25) is 9.68 Å². The molecule has 1 fully saturated rings. The second kappa shape index (κ2) is 9.30. The fourth-order valence-corrected chi connectivity index (χ4v) is 4.33. The van der Waals surface area contributed by atoms with Gasteiger partial charge in [-0.1, -0.05) is 61.9 Å². The Hall–Kier alpha value is -2.86. The molecule has 158 valence electrons. The van der Waals surface area contributed by atoms with Gasteiger partial charge in [-0.25, -0.2) is 4.79 Å². The van der Waals surface area contributed by atoms with E-state index in [0.717, 1.165) is 19.3 Å². The summed E-state index contributed by atoms with van der Waals surface area (Å²) in [6, 6.07) is 16.5. The van der Waals surface area contributed by atoms with Gasteiger partial charge in [-0.05, 0) is 35.1 Å². The molecule has 0 spiro atoms. The molecule has 6 nitrogen and oxygen atoms in total. The van der Waals surface area contributed by atoms with Crippen LogP contribution in [-0.4, -0.2) is 42.6 Å². The van der Waals surface area contributed by atoms with Crippen LogP contribution < -0.4 is 5.32 Å². The number of hydrogen-bond acceptors (Lipinski definition) is 4. The number of benzene rings is 2. The second-order valence-corrected chi connectivity index (χ2v) is 7.96. The minimum absolute atomic E-state index is 0.0181. The van der Waals surface area contributed by atoms with Gasteiger partial charge in [0.15, 0.2) is 0 Å². The molecule has 2 aromatic rings. The number of amides is 2. The lowest BCUT2D eigenvalue weighted by Gasteiger charge is -2.17. The first kappa shape index (κ1) is 20.4. The minimum Gasteiger partial charge on any atom is -0.352 e. The zero-order valence-electron chi connectivity index (χ0n) is 17.3. The molecule has 1 aliphatic carbocycles. The molecule has 6 heteroatoms. The van der Waals surface area contributed by atoms with E-state index in [2.05, 4.69) is 36.5 Å². The molecule has 30 heavy (non-hydrogen) atoms. The number of unbranched alkanes of at least 4 members (excludes halogenated alkanes) is 1. The van der Waals surface area contributed by atoms with Gasteiger partial charge in [-0.2, -0.15) is 4.89 Å². The third-order valence-electron chi connectivity index (χ3n) is 5.90. The smallest absolute Gasteiger partial charge is 0.352 e. The summed E-state index contributed by atoms with van der Waals surface area (Å²) in [7, 11) is 0. The Morgan fingerprint density at radius 2 is 1.73 bits per heavy atom. The average Bonchev–Trinajstić information content (AvgIpc) is 3.36. The average molecular weight is 408 g/mol. The van der Waals surface area contributed by atoms with Crippen LogP contribution in [0, 0.1) is 0 Å². The largest absolute Gasteiger partial charge is 0.441 e. The highest BCUT2D eigenvalue weighted by molar-refractivity contribution is 5.79. The number of fused-ring (bicyclic) bond motifs is 3. The highest BCUT2D eigenvalue weighted by Crippen LogP contribution is 2.44. The molecule has 2 aromatic carbocycles. The molecule has 1 aliphatic heterocycles. The molecule has 1 saturated heterocycles. The molecule has 2 aliphatic rings. The Morgan fingerprint density at radius 3 is 2.40 bits per heavy atom. The maximum Gasteiger partial charge on any atom is 0.441 e. The van der Waals surface area contributed by atoms with Crippen LogP contribution in [0.15, 0.2) is 48.5 Å². The molecule has 1 heterocycles. The third kappa shape index (κ3) is 4.33. The van der Waals surface area contributed by atoms with Crippen molar-refractivity contribution in [2.24, 2.45) is 0 Å². The summed E-state index contributed by atoms with van der Waals surface area (Å²) in [5, 5.41) is 2.99. The minimum atomic E-state index is -0.500. The molecule has 2 amide bonds. The van der Waals surface area contributed by atoms with Crippen molar-refractivity contribution in [3.63, 3.8) is 0 Å². The first-order valence-corrected chi connectivity index (χ1v) is 10.7. The van der Waals surface area contributed by atoms with Gasteiger partial charge in [-0.15, -0.1) is 0 Å². The molecule has 1 atom stereocenters. The maximum atomic E-state index is 12.4. The standard InChI is InChI=1S/C24H28N2O4/c1-2-3-12-23(27)25-17-13-14-26(15-17)24(28)30-29-16-22-20-10-6-4-8-18(20)19-9-5-7-11-21(19)22/h4-11,17,22H,2-3,12-16H2,1H3,(H,25,27).